The van der Waals surface area contributed by atoms with Gasteiger partial charge in [-0.2, -0.15) is 0 Å². The zero-order chi connectivity index (χ0) is 10.2. The van der Waals surface area contributed by atoms with E-state index in [1.54, 1.807) is 0 Å². The molecule has 0 fully saturated rings. The van der Waals surface area contributed by atoms with E-state index in [4.69, 9.17) is 11.5 Å². The third-order valence-electron chi connectivity index (χ3n) is 3.34. The average molecular weight is 186 g/mol. The molecule has 0 atom stereocenters. The van der Waals surface area contributed by atoms with E-state index in [9.17, 15) is 0 Å². The van der Waals surface area contributed by atoms with Crippen molar-refractivity contribution in [2.75, 3.05) is 13.1 Å². The number of unbranched alkanes of at least 4 members (excludes halogenated alkanes) is 2. The second kappa shape index (κ2) is 7.34. The van der Waals surface area contributed by atoms with Crippen molar-refractivity contribution in [2.45, 2.75) is 52.4 Å². The van der Waals surface area contributed by atoms with E-state index in [1.807, 2.05) is 0 Å². The molecule has 2 nitrogen and oxygen atoms in total. The first-order valence-electron chi connectivity index (χ1n) is 5.64. The molecule has 80 valence electrons. The fraction of sp³-hybridized carbons (Fsp3) is 1.00. The summed E-state index contributed by atoms with van der Waals surface area (Å²) < 4.78 is 0. The first kappa shape index (κ1) is 12.9. The second-order valence-corrected chi connectivity index (χ2v) is 4.01. The zero-order valence-electron chi connectivity index (χ0n) is 9.31. The second-order valence-electron chi connectivity index (χ2n) is 4.01. The number of hydrogen-bond acceptors (Lipinski definition) is 2. The van der Waals surface area contributed by atoms with Gasteiger partial charge in [0.25, 0.3) is 0 Å². The van der Waals surface area contributed by atoms with Crippen LogP contribution in [0.1, 0.15) is 52.4 Å². The van der Waals surface area contributed by atoms with Crippen molar-refractivity contribution in [3.63, 3.8) is 0 Å². The van der Waals surface area contributed by atoms with Gasteiger partial charge < -0.3 is 11.5 Å². The molecule has 13 heavy (non-hydrogen) atoms. The van der Waals surface area contributed by atoms with Crippen LogP contribution in [0.5, 0.6) is 0 Å². The van der Waals surface area contributed by atoms with Crippen LogP contribution in [0.15, 0.2) is 0 Å². The maximum absolute atomic E-state index is 5.82. The molecule has 0 heterocycles. The maximum Gasteiger partial charge on any atom is -0.00207 e. The summed E-state index contributed by atoms with van der Waals surface area (Å²) >= 11 is 0. The van der Waals surface area contributed by atoms with Crippen LogP contribution >= 0.6 is 0 Å². The van der Waals surface area contributed by atoms with Gasteiger partial charge in [-0.25, -0.2) is 0 Å². The number of rotatable bonds is 8. The van der Waals surface area contributed by atoms with Crippen LogP contribution in [0.3, 0.4) is 0 Å². The molecule has 0 aliphatic heterocycles. The van der Waals surface area contributed by atoms with E-state index in [2.05, 4.69) is 13.8 Å². The highest BCUT2D eigenvalue weighted by Gasteiger charge is 2.22. The van der Waals surface area contributed by atoms with Crippen LogP contribution < -0.4 is 11.5 Å². The number of nitrogens with two attached hydrogens (primary N) is 2. The standard InChI is InChI=1S/C11H26N2/c1-3-11(4-2,10-13)8-6-5-7-9-12/h3-10,12-13H2,1-2H3. The predicted molar refractivity (Wildman–Crippen MR) is 59.6 cm³/mol. The fourth-order valence-corrected chi connectivity index (χ4v) is 1.82. The van der Waals surface area contributed by atoms with Crippen LogP contribution in [-0.2, 0) is 0 Å². The molecule has 4 N–H and O–H groups in total. The van der Waals surface area contributed by atoms with Crippen molar-refractivity contribution >= 4 is 0 Å². The van der Waals surface area contributed by atoms with Crippen LogP contribution in [0, 0.1) is 5.41 Å². The van der Waals surface area contributed by atoms with Gasteiger partial charge in [-0.1, -0.05) is 26.7 Å². The summed E-state index contributed by atoms with van der Waals surface area (Å²) in [6, 6.07) is 0. The van der Waals surface area contributed by atoms with Gasteiger partial charge in [-0.15, -0.1) is 0 Å². The summed E-state index contributed by atoms with van der Waals surface area (Å²) in [6.45, 7) is 6.16. The van der Waals surface area contributed by atoms with Gasteiger partial charge in [0.15, 0.2) is 0 Å². The lowest BCUT2D eigenvalue weighted by Gasteiger charge is -2.30. The van der Waals surface area contributed by atoms with Crippen molar-refractivity contribution in [1.82, 2.24) is 0 Å². The Morgan fingerprint density at radius 2 is 1.54 bits per heavy atom. The van der Waals surface area contributed by atoms with E-state index in [0.717, 1.165) is 19.5 Å². The molecule has 0 aromatic carbocycles. The van der Waals surface area contributed by atoms with Gasteiger partial charge in [0.2, 0.25) is 0 Å². The normalized spacial score (nSPS) is 12.0. The topological polar surface area (TPSA) is 52.0 Å². The lowest BCUT2D eigenvalue weighted by molar-refractivity contribution is 0.241. The lowest BCUT2D eigenvalue weighted by Crippen LogP contribution is -2.29. The Morgan fingerprint density at radius 1 is 0.923 bits per heavy atom. The third kappa shape index (κ3) is 4.63. The van der Waals surface area contributed by atoms with Crippen LogP contribution in [-0.4, -0.2) is 13.1 Å². The Morgan fingerprint density at radius 3 is 1.92 bits per heavy atom. The highest BCUT2D eigenvalue weighted by molar-refractivity contribution is 4.77. The molecule has 2 heteroatoms. The Bertz CT molecular complexity index is 100. The smallest absolute Gasteiger partial charge is 0.00207 e. The molecule has 0 aliphatic rings. The summed E-state index contributed by atoms with van der Waals surface area (Å²) in [4.78, 5) is 0. The van der Waals surface area contributed by atoms with Gasteiger partial charge in [0.1, 0.15) is 0 Å². The maximum atomic E-state index is 5.82. The summed E-state index contributed by atoms with van der Waals surface area (Å²) in [6.07, 6.45) is 7.41. The third-order valence-corrected chi connectivity index (χ3v) is 3.34. The highest BCUT2D eigenvalue weighted by Crippen LogP contribution is 2.31. The molecule has 0 rings (SSSR count). The molecule has 0 radical (unpaired) electrons. The monoisotopic (exact) mass is 186 g/mol. The van der Waals surface area contributed by atoms with Gasteiger partial charge in [0, 0.05) is 0 Å². The summed E-state index contributed by atoms with van der Waals surface area (Å²) in [5.74, 6) is 0. The molecule has 0 saturated heterocycles. The molecule has 0 amide bonds. The number of hydrogen-bond donors (Lipinski definition) is 2. The molecule has 0 aromatic rings. The Balaban J connectivity index is 3.68. The Kier molecular flexibility index (Phi) is 7.29. The predicted octanol–water partition coefficient (Wildman–Crippen LogP) is 2.27. The molecular weight excluding hydrogens is 160 g/mol. The van der Waals surface area contributed by atoms with E-state index in [-0.39, 0.29) is 0 Å². The molecular formula is C11H26N2. The molecule has 0 aliphatic carbocycles. The quantitative estimate of drug-likeness (QED) is 0.571. The minimum atomic E-state index is 0.411. The van der Waals surface area contributed by atoms with E-state index in [1.165, 1.54) is 32.1 Å². The molecule has 0 bridgehead atoms. The SMILES string of the molecule is CCC(CC)(CN)CCCCCN. The Hall–Kier alpha value is -0.0800. The summed E-state index contributed by atoms with van der Waals surface area (Å²) in [5.41, 5.74) is 11.7. The van der Waals surface area contributed by atoms with Gasteiger partial charge in [0.05, 0.1) is 0 Å². The van der Waals surface area contributed by atoms with Crippen molar-refractivity contribution in [3.05, 3.63) is 0 Å². The van der Waals surface area contributed by atoms with E-state index in [0.29, 0.717) is 5.41 Å². The fourth-order valence-electron chi connectivity index (χ4n) is 1.82. The molecule has 0 spiro atoms. The molecule has 0 saturated carbocycles. The van der Waals surface area contributed by atoms with Crippen molar-refractivity contribution < 1.29 is 0 Å². The van der Waals surface area contributed by atoms with E-state index < -0.39 is 0 Å². The van der Waals surface area contributed by atoms with Crippen LogP contribution in [0.25, 0.3) is 0 Å². The van der Waals surface area contributed by atoms with Crippen LogP contribution in [0.2, 0.25) is 0 Å². The van der Waals surface area contributed by atoms with Gasteiger partial charge in [-0.05, 0) is 44.2 Å². The van der Waals surface area contributed by atoms with Crippen molar-refractivity contribution in [3.8, 4) is 0 Å². The zero-order valence-corrected chi connectivity index (χ0v) is 9.31. The van der Waals surface area contributed by atoms with Crippen LogP contribution in [0.4, 0.5) is 0 Å². The Labute approximate surface area is 83.1 Å². The first-order chi connectivity index (χ1) is 6.24. The molecule has 0 unspecified atom stereocenters. The minimum absolute atomic E-state index is 0.411. The van der Waals surface area contributed by atoms with Gasteiger partial charge >= 0.3 is 0 Å². The van der Waals surface area contributed by atoms with E-state index >= 15 is 0 Å². The first-order valence-corrected chi connectivity index (χ1v) is 5.64. The molecule has 0 aromatic heterocycles. The lowest BCUT2D eigenvalue weighted by atomic mass is 9.78. The largest absolute Gasteiger partial charge is 0.330 e. The van der Waals surface area contributed by atoms with Gasteiger partial charge in [-0.3, -0.25) is 0 Å². The summed E-state index contributed by atoms with van der Waals surface area (Å²) in [7, 11) is 0. The van der Waals surface area contributed by atoms with Crippen molar-refractivity contribution in [2.24, 2.45) is 16.9 Å². The highest BCUT2D eigenvalue weighted by atomic mass is 14.6. The summed E-state index contributed by atoms with van der Waals surface area (Å²) in [5, 5.41) is 0. The average Bonchev–Trinajstić information content (AvgIpc) is 2.20. The minimum Gasteiger partial charge on any atom is -0.330 e. The van der Waals surface area contributed by atoms with Crippen molar-refractivity contribution in [1.29, 1.82) is 0 Å².